The van der Waals surface area contributed by atoms with Crippen molar-refractivity contribution in [3.8, 4) is 16.8 Å². The zero-order chi connectivity index (χ0) is 20.3. The first-order valence-corrected chi connectivity index (χ1v) is 8.13. The van der Waals surface area contributed by atoms with Gasteiger partial charge >= 0.3 is 0 Å². The summed E-state index contributed by atoms with van der Waals surface area (Å²) in [4.78, 5) is 12.6. The number of nitrogens with zero attached hydrogens (tertiary/aromatic N) is 4. The topological polar surface area (TPSA) is 72.7 Å². The van der Waals surface area contributed by atoms with Gasteiger partial charge in [-0.1, -0.05) is 12.1 Å². The van der Waals surface area contributed by atoms with Crippen LogP contribution in [-0.2, 0) is 0 Å². The number of carbonyl (C=O) groups is 1. The molecule has 28 heavy (non-hydrogen) atoms. The predicted molar refractivity (Wildman–Crippen MR) is 92.4 cm³/mol. The highest BCUT2D eigenvalue weighted by Crippen LogP contribution is 2.25. The van der Waals surface area contributed by atoms with E-state index in [1.807, 2.05) is 5.32 Å². The maximum absolute atomic E-state index is 13.2. The molecule has 3 aromatic rings. The van der Waals surface area contributed by atoms with E-state index in [1.54, 1.807) is 6.07 Å². The lowest BCUT2D eigenvalue weighted by Gasteiger charge is -2.26. The Kier molecular flexibility index (Phi) is 5.39. The minimum Gasteiger partial charge on any atom is -0.339 e. The van der Waals surface area contributed by atoms with Crippen LogP contribution in [0.15, 0.2) is 48.8 Å². The molecule has 1 heterocycles. The molecular weight excluding hydrogens is 378 g/mol. The molecule has 1 amide bonds. The molecule has 0 aliphatic rings. The highest BCUT2D eigenvalue weighted by atomic mass is 19.3. The molecule has 0 fully saturated rings. The molecule has 10 heteroatoms. The normalized spacial score (nSPS) is 13.4. The molecule has 146 valence electrons. The third-order valence-corrected chi connectivity index (χ3v) is 4.13. The molecule has 0 spiro atoms. The summed E-state index contributed by atoms with van der Waals surface area (Å²) in [6.45, 7) is -0.518. The Balaban J connectivity index is 2.05. The molecule has 0 bridgehead atoms. The smallest absolute Gasteiger partial charge is 0.263 e. The molecule has 2 aromatic carbocycles. The third kappa shape index (κ3) is 4.00. The zero-order valence-corrected chi connectivity index (χ0v) is 14.6. The lowest BCUT2D eigenvalue weighted by molar-refractivity contribution is 0.0239. The maximum atomic E-state index is 13.2. The summed E-state index contributed by atoms with van der Waals surface area (Å²) in [5, 5.41) is 12.8. The van der Waals surface area contributed by atoms with Crippen LogP contribution in [0.25, 0.3) is 16.8 Å². The standard InChI is InChI=1S/C18H15F4N5O/c1-18(9-19,17(21)22)24-16(28)13-6-12(11-2-4-14(20)5-3-11)7-15(8-13)27-10-23-25-26-27/h2-8,10,17H,9H2,1H3,(H,24,28). The third-order valence-electron chi connectivity index (χ3n) is 4.13. The van der Waals surface area contributed by atoms with Crippen LogP contribution in [-0.4, -0.2) is 44.8 Å². The second-order valence-electron chi connectivity index (χ2n) is 6.34. The number of hydrogen-bond acceptors (Lipinski definition) is 4. The first-order chi connectivity index (χ1) is 13.3. The number of nitrogens with one attached hydrogen (secondary N) is 1. The van der Waals surface area contributed by atoms with Crippen molar-refractivity contribution in [3.05, 3.63) is 60.2 Å². The van der Waals surface area contributed by atoms with Crippen molar-refractivity contribution in [1.82, 2.24) is 25.5 Å². The molecular formula is C18H15F4N5O. The number of aromatic nitrogens is 4. The monoisotopic (exact) mass is 393 g/mol. The van der Waals surface area contributed by atoms with Crippen LogP contribution in [0.1, 0.15) is 17.3 Å². The average molecular weight is 393 g/mol. The highest BCUT2D eigenvalue weighted by molar-refractivity contribution is 5.96. The summed E-state index contributed by atoms with van der Waals surface area (Å²) in [6, 6.07) is 9.94. The second-order valence-corrected chi connectivity index (χ2v) is 6.34. The van der Waals surface area contributed by atoms with E-state index in [2.05, 4.69) is 15.5 Å². The van der Waals surface area contributed by atoms with Crippen LogP contribution in [0.3, 0.4) is 0 Å². The molecule has 0 aliphatic heterocycles. The summed E-state index contributed by atoms with van der Waals surface area (Å²) in [5.41, 5.74) is -0.883. The molecule has 0 radical (unpaired) electrons. The van der Waals surface area contributed by atoms with Crippen LogP contribution in [0.4, 0.5) is 17.6 Å². The molecule has 1 unspecified atom stereocenters. The van der Waals surface area contributed by atoms with E-state index in [4.69, 9.17) is 0 Å². The summed E-state index contributed by atoms with van der Waals surface area (Å²) >= 11 is 0. The largest absolute Gasteiger partial charge is 0.339 e. The van der Waals surface area contributed by atoms with E-state index >= 15 is 0 Å². The molecule has 0 saturated heterocycles. The summed E-state index contributed by atoms with van der Waals surface area (Å²) < 4.78 is 53.8. The number of carbonyl (C=O) groups excluding carboxylic acids is 1. The summed E-state index contributed by atoms with van der Waals surface area (Å²) in [5.74, 6) is -1.33. The number of halogens is 4. The van der Waals surface area contributed by atoms with Gasteiger partial charge < -0.3 is 5.32 Å². The van der Waals surface area contributed by atoms with Gasteiger partial charge in [-0.25, -0.2) is 22.2 Å². The molecule has 1 N–H and O–H groups in total. The fourth-order valence-corrected chi connectivity index (χ4v) is 2.44. The van der Waals surface area contributed by atoms with Gasteiger partial charge in [-0.2, -0.15) is 0 Å². The van der Waals surface area contributed by atoms with E-state index < -0.39 is 30.4 Å². The van der Waals surface area contributed by atoms with Gasteiger partial charge in [0, 0.05) is 5.56 Å². The maximum Gasteiger partial charge on any atom is 0.263 e. The summed E-state index contributed by atoms with van der Waals surface area (Å²) in [7, 11) is 0. The first kappa shape index (κ1) is 19.5. The molecule has 1 aromatic heterocycles. The van der Waals surface area contributed by atoms with Gasteiger partial charge in [0.15, 0.2) is 0 Å². The van der Waals surface area contributed by atoms with Crippen LogP contribution in [0.2, 0.25) is 0 Å². The molecule has 3 rings (SSSR count). The predicted octanol–water partition coefficient (Wildman–Crippen LogP) is 3.19. The van der Waals surface area contributed by atoms with Gasteiger partial charge in [-0.3, -0.25) is 4.79 Å². The second kappa shape index (κ2) is 7.75. The molecule has 1 atom stereocenters. The SMILES string of the molecule is CC(CF)(NC(=O)c1cc(-c2ccc(F)cc2)cc(-n2cnnn2)c1)C(F)F. The number of amides is 1. The Morgan fingerprint density at radius 2 is 1.89 bits per heavy atom. The number of alkyl halides is 3. The molecule has 0 aliphatic carbocycles. The van der Waals surface area contributed by atoms with Crippen molar-refractivity contribution in [3.63, 3.8) is 0 Å². The lowest BCUT2D eigenvalue weighted by atomic mass is 10.00. The molecule has 0 saturated carbocycles. The number of hydrogen-bond donors (Lipinski definition) is 1. The van der Waals surface area contributed by atoms with Gasteiger partial charge in [0.1, 0.15) is 24.4 Å². The Labute approximate surface area is 157 Å². The zero-order valence-electron chi connectivity index (χ0n) is 14.6. The Bertz CT molecular complexity index is 963. The number of benzene rings is 2. The van der Waals surface area contributed by atoms with E-state index in [0.717, 1.165) is 6.92 Å². The van der Waals surface area contributed by atoms with Crippen LogP contribution in [0.5, 0.6) is 0 Å². The van der Waals surface area contributed by atoms with Gasteiger partial charge in [0.05, 0.1) is 5.69 Å². The van der Waals surface area contributed by atoms with Gasteiger partial charge in [-0.15, -0.1) is 5.10 Å². The van der Waals surface area contributed by atoms with Crippen LogP contribution < -0.4 is 5.32 Å². The quantitative estimate of drug-likeness (QED) is 0.653. The van der Waals surface area contributed by atoms with E-state index in [0.29, 0.717) is 16.8 Å². The number of tetrazole rings is 1. The van der Waals surface area contributed by atoms with E-state index in [-0.39, 0.29) is 5.56 Å². The van der Waals surface area contributed by atoms with Gasteiger partial charge in [0.25, 0.3) is 12.3 Å². The van der Waals surface area contributed by atoms with Gasteiger partial charge in [-0.05, 0) is 58.8 Å². The van der Waals surface area contributed by atoms with Gasteiger partial charge in [0.2, 0.25) is 0 Å². The molecule has 6 nitrogen and oxygen atoms in total. The minimum atomic E-state index is -3.10. The Morgan fingerprint density at radius 1 is 1.18 bits per heavy atom. The summed E-state index contributed by atoms with van der Waals surface area (Å²) in [6.07, 6.45) is -1.81. The first-order valence-electron chi connectivity index (χ1n) is 8.13. The van der Waals surface area contributed by atoms with Crippen molar-refractivity contribution < 1.29 is 22.4 Å². The Morgan fingerprint density at radius 3 is 2.46 bits per heavy atom. The fraction of sp³-hybridized carbons (Fsp3) is 0.222. The van der Waals surface area contributed by atoms with Crippen molar-refractivity contribution in [2.45, 2.75) is 18.9 Å². The average Bonchev–Trinajstić information content (AvgIpc) is 3.22. The highest BCUT2D eigenvalue weighted by Gasteiger charge is 2.37. The van der Waals surface area contributed by atoms with Crippen LogP contribution >= 0.6 is 0 Å². The number of rotatable bonds is 6. The Hall–Kier alpha value is -3.30. The lowest BCUT2D eigenvalue weighted by Crippen LogP contribution is -2.53. The minimum absolute atomic E-state index is 0.00681. The van der Waals surface area contributed by atoms with E-state index in [1.165, 1.54) is 47.4 Å². The van der Waals surface area contributed by atoms with Crippen molar-refractivity contribution in [2.24, 2.45) is 0 Å². The van der Waals surface area contributed by atoms with Crippen molar-refractivity contribution in [2.75, 3.05) is 6.67 Å². The van der Waals surface area contributed by atoms with Crippen LogP contribution in [0, 0.1) is 5.82 Å². The van der Waals surface area contributed by atoms with E-state index in [9.17, 15) is 22.4 Å². The van der Waals surface area contributed by atoms with Crippen molar-refractivity contribution in [1.29, 1.82) is 0 Å². The van der Waals surface area contributed by atoms with Crippen molar-refractivity contribution >= 4 is 5.91 Å². The fourth-order valence-electron chi connectivity index (χ4n) is 2.44.